The minimum absolute atomic E-state index is 0.640. The number of nitrogens with one attached hydrogen (secondary N) is 1. The minimum atomic E-state index is -1.85. The lowest BCUT2D eigenvalue weighted by atomic mass is 9.94. The van der Waals surface area contributed by atoms with Gasteiger partial charge in [-0.25, -0.2) is 0 Å². The van der Waals surface area contributed by atoms with Gasteiger partial charge in [-0.1, -0.05) is 0 Å². The summed E-state index contributed by atoms with van der Waals surface area (Å²) in [4.78, 5) is 11.8. The number of aliphatic hydroxyl groups excluding tert-OH is 9. The van der Waals surface area contributed by atoms with Crippen LogP contribution in [0.4, 0.5) is 0 Å². The second kappa shape index (κ2) is 12.2. The summed E-state index contributed by atoms with van der Waals surface area (Å²) < 4.78 is 27.7. The number of carbonyl (C=O) groups excluding carboxylic acids is 1. The first-order valence-corrected chi connectivity index (χ1v) is 11.4. The predicted molar refractivity (Wildman–Crippen MR) is 111 cm³/mol. The van der Waals surface area contributed by atoms with Crippen LogP contribution in [-0.2, 0) is 28.5 Å². The first-order valence-electron chi connectivity index (χ1n) is 11.4. The number of amides is 1. The molecule has 0 spiro atoms. The Labute approximate surface area is 205 Å². The lowest BCUT2D eigenvalue weighted by Gasteiger charge is -2.49. The summed E-state index contributed by atoms with van der Waals surface area (Å²) in [5, 5.41) is 93.2. The molecule has 3 fully saturated rings. The van der Waals surface area contributed by atoms with E-state index in [-0.39, 0.29) is 0 Å². The van der Waals surface area contributed by atoms with Crippen molar-refractivity contribution in [2.75, 3.05) is 13.2 Å². The van der Waals surface area contributed by atoms with E-state index in [4.69, 9.17) is 23.7 Å². The molecule has 0 aromatic heterocycles. The Morgan fingerprint density at radius 1 is 0.722 bits per heavy atom. The minimum Gasteiger partial charge on any atom is -0.394 e. The molecule has 16 heteroatoms. The van der Waals surface area contributed by atoms with Gasteiger partial charge in [0.1, 0.15) is 67.1 Å². The van der Waals surface area contributed by atoms with Crippen molar-refractivity contribution in [3.8, 4) is 0 Å². The van der Waals surface area contributed by atoms with Gasteiger partial charge in [-0.05, 0) is 6.92 Å². The monoisotopic (exact) mass is 529 g/mol. The summed E-state index contributed by atoms with van der Waals surface area (Å²) in [6, 6.07) is -1.41. The zero-order valence-electron chi connectivity index (χ0n) is 19.5. The van der Waals surface area contributed by atoms with E-state index in [1.807, 2.05) is 0 Å². The zero-order chi connectivity index (χ0) is 26.9. The van der Waals surface area contributed by atoms with Crippen molar-refractivity contribution >= 4 is 5.91 Å². The number of rotatable bonds is 7. The third-order valence-corrected chi connectivity index (χ3v) is 6.45. The highest BCUT2D eigenvalue weighted by molar-refractivity contribution is 5.73. The van der Waals surface area contributed by atoms with Crippen LogP contribution in [0.2, 0.25) is 0 Å². The van der Waals surface area contributed by atoms with Gasteiger partial charge < -0.3 is 75.0 Å². The summed E-state index contributed by atoms with van der Waals surface area (Å²) in [5.41, 5.74) is 0. The molecule has 0 aliphatic carbocycles. The molecule has 3 saturated heterocycles. The van der Waals surface area contributed by atoms with Gasteiger partial charge in [-0.3, -0.25) is 4.79 Å². The average molecular weight is 529 g/mol. The molecule has 0 saturated carbocycles. The van der Waals surface area contributed by atoms with Crippen LogP contribution in [0.5, 0.6) is 0 Å². The van der Waals surface area contributed by atoms with Crippen LogP contribution in [0, 0.1) is 0 Å². The van der Waals surface area contributed by atoms with E-state index in [1.54, 1.807) is 0 Å². The standard InChI is InChI=1S/C20H35NO15/c1-5-10(25)12(27)14(29)19(32-5)36-17-9(21-6(2)24)18(31)33-8(4-23)16(17)35-20-15(30)13(28)11(26)7(3-22)34-20/h5,7-20,22-23,25-31H,3-4H2,1-2H3,(H,21,24)/t5-,7-,8-,9-,10+,11+,12+,13+,14-,15-,16+,17-,18-,19-,20+/m1/s1. The molecule has 0 aromatic rings. The Balaban J connectivity index is 1.92. The second-order valence-corrected chi connectivity index (χ2v) is 9.05. The van der Waals surface area contributed by atoms with E-state index in [9.17, 15) is 50.8 Å². The van der Waals surface area contributed by atoms with Gasteiger partial charge in [0.05, 0.1) is 19.3 Å². The van der Waals surface area contributed by atoms with Crippen LogP contribution in [-0.4, -0.2) is 157 Å². The van der Waals surface area contributed by atoms with E-state index in [1.165, 1.54) is 6.92 Å². The molecule has 0 aromatic carbocycles. The summed E-state index contributed by atoms with van der Waals surface area (Å²) in [5.74, 6) is -0.640. The van der Waals surface area contributed by atoms with Gasteiger partial charge in [0.15, 0.2) is 18.9 Å². The average Bonchev–Trinajstić information content (AvgIpc) is 2.84. The topological polar surface area (TPSA) is 257 Å². The lowest BCUT2D eigenvalue weighted by Crippen LogP contribution is -2.69. The fourth-order valence-corrected chi connectivity index (χ4v) is 4.40. The Kier molecular flexibility index (Phi) is 9.97. The largest absolute Gasteiger partial charge is 0.394 e. The third-order valence-electron chi connectivity index (χ3n) is 6.45. The van der Waals surface area contributed by atoms with Crippen LogP contribution in [0.1, 0.15) is 13.8 Å². The first-order chi connectivity index (χ1) is 16.9. The molecule has 0 bridgehead atoms. The molecule has 3 heterocycles. The number of ether oxygens (including phenoxy) is 5. The second-order valence-electron chi connectivity index (χ2n) is 9.05. The molecule has 210 valence electrons. The van der Waals surface area contributed by atoms with Crippen molar-refractivity contribution < 1.29 is 74.4 Å². The van der Waals surface area contributed by atoms with E-state index >= 15 is 0 Å². The molecule has 0 unspecified atom stereocenters. The summed E-state index contributed by atoms with van der Waals surface area (Å²) in [6.45, 7) is 1.00. The highest BCUT2D eigenvalue weighted by Crippen LogP contribution is 2.32. The molecule has 1 amide bonds. The summed E-state index contributed by atoms with van der Waals surface area (Å²) >= 11 is 0. The number of hydrogen-bond acceptors (Lipinski definition) is 15. The molecular formula is C20H35NO15. The Hall–Kier alpha value is -1.09. The number of carbonyl (C=O) groups is 1. The van der Waals surface area contributed by atoms with Crippen LogP contribution in [0.15, 0.2) is 0 Å². The molecule has 0 radical (unpaired) electrons. The van der Waals surface area contributed by atoms with E-state index in [0.29, 0.717) is 0 Å². The van der Waals surface area contributed by atoms with Gasteiger partial charge in [-0.2, -0.15) is 0 Å². The van der Waals surface area contributed by atoms with Crippen molar-refractivity contribution in [3.05, 3.63) is 0 Å². The maximum atomic E-state index is 11.8. The van der Waals surface area contributed by atoms with E-state index < -0.39 is 111 Å². The Morgan fingerprint density at radius 3 is 1.81 bits per heavy atom. The molecule has 3 rings (SSSR count). The van der Waals surface area contributed by atoms with E-state index in [0.717, 1.165) is 6.92 Å². The molecule has 3 aliphatic heterocycles. The zero-order valence-corrected chi connectivity index (χ0v) is 19.5. The van der Waals surface area contributed by atoms with Crippen molar-refractivity contribution in [3.63, 3.8) is 0 Å². The fourth-order valence-electron chi connectivity index (χ4n) is 4.40. The number of aliphatic hydroxyl groups is 9. The Morgan fingerprint density at radius 2 is 1.25 bits per heavy atom. The summed E-state index contributed by atoms with van der Waals surface area (Å²) in [7, 11) is 0. The maximum Gasteiger partial charge on any atom is 0.217 e. The maximum absolute atomic E-state index is 11.8. The van der Waals surface area contributed by atoms with Crippen molar-refractivity contribution in [2.45, 2.75) is 106 Å². The predicted octanol–water partition coefficient (Wildman–Crippen LogP) is -6.40. The molecule has 10 N–H and O–H groups in total. The third kappa shape index (κ3) is 5.97. The summed E-state index contributed by atoms with van der Waals surface area (Å²) in [6.07, 6.45) is -22.0. The van der Waals surface area contributed by atoms with Crippen LogP contribution in [0.25, 0.3) is 0 Å². The van der Waals surface area contributed by atoms with Gasteiger partial charge in [-0.15, -0.1) is 0 Å². The quantitative estimate of drug-likeness (QED) is 0.147. The fraction of sp³-hybridized carbons (Fsp3) is 0.950. The molecular weight excluding hydrogens is 494 g/mol. The lowest BCUT2D eigenvalue weighted by molar-refractivity contribution is -0.370. The first kappa shape index (κ1) is 29.5. The van der Waals surface area contributed by atoms with Crippen molar-refractivity contribution in [1.82, 2.24) is 5.32 Å². The highest BCUT2D eigenvalue weighted by Gasteiger charge is 2.54. The van der Waals surface area contributed by atoms with Crippen LogP contribution < -0.4 is 5.32 Å². The normalized spacial score (nSPS) is 50.0. The van der Waals surface area contributed by atoms with Gasteiger partial charge in [0.2, 0.25) is 5.91 Å². The van der Waals surface area contributed by atoms with Crippen molar-refractivity contribution in [2.24, 2.45) is 0 Å². The number of hydrogen-bond donors (Lipinski definition) is 10. The van der Waals surface area contributed by atoms with Crippen molar-refractivity contribution in [1.29, 1.82) is 0 Å². The molecule has 36 heavy (non-hydrogen) atoms. The van der Waals surface area contributed by atoms with Gasteiger partial charge in [0, 0.05) is 6.92 Å². The van der Waals surface area contributed by atoms with Gasteiger partial charge in [0.25, 0.3) is 0 Å². The molecule has 3 aliphatic rings. The van der Waals surface area contributed by atoms with E-state index in [2.05, 4.69) is 5.32 Å². The Bertz CT molecular complexity index is 729. The molecule has 16 nitrogen and oxygen atoms in total. The highest BCUT2D eigenvalue weighted by atomic mass is 16.7. The smallest absolute Gasteiger partial charge is 0.217 e. The van der Waals surface area contributed by atoms with Gasteiger partial charge >= 0.3 is 0 Å². The molecule has 15 atom stereocenters. The SMILES string of the molecule is CC(=O)N[C@@H]1[C@@H](O[C@H]2O[C@H](C)[C@H](O)[C@H](O)[C@H]2O)[C@@H](O[C@@H]2O[C@H](CO)[C@H](O)[C@H](O)[C@H]2O)[C@@H](CO)O[C@H]1O. The van der Waals surface area contributed by atoms with Crippen LogP contribution in [0.3, 0.4) is 0 Å². The van der Waals surface area contributed by atoms with Crippen LogP contribution >= 0.6 is 0 Å².